The van der Waals surface area contributed by atoms with Gasteiger partial charge in [0.05, 0.1) is 6.10 Å². The minimum Gasteiger partial charge on any atom is -0.377 e. The standard InChI is InChI=1S/C12H19N3O3S/c13-7-10-4-5-12(14-8-10)19(16,17)15-9-11-3-1-2-6-18-11/h4-5,8,11,15H,1-3,6-7,9,13H2. The fraction of sp³-hybridized carbons (Fsp3) is 0.583. The lowest BCUT2D eigenvalue weighted by Gasteiger charge is -2.22. The van der Waals surface area contributed by atoms with Crippen molar-refractivity contribution in [2.45, 2.75) is 36.9 Å². The fourth-order valence-corrected chi connectivity index (χ4v) is 2.93. The quantitative estimate of drug-likeness (QED) is 0.816. The maximum atomic E-state index is 12.0. The lowest BCUT2D eigenvalue weighted by atomic mass is 10.1. The van der Waals surface area contributed by atoms with E-state index in [0.717, 1.165) is 24.8 Å². The maximum absolute atomic E-state index is 12.0. The van der Waals surface area contributed by atoms with Crippen LogP contribution in [-0.2, 0) is 21.3 Å². The second-order valence-corrected chi connectivity index (χ2v) is 6.26. The SMILES string of the molecule is NCc1ccc(S(=O)(=O)NCC2CCCCO2)nc1. The van der Waals surface area contributed by atoms with Crippen molar-refractivity contribution in [3.8, 4) is 0 Å². The molecular weight excluding hydrogens is 266 g/mol. The van der Waals surface area contributed by atoms with Gasteiger partial charge in [-0.1, -0.05) is 6.07 Å². The molecule has 19 heavy (non-hydrogen) atoms. The highest BCUT2D eigenvalue weighted by atomic mass is 32.2. The molecule has 0 saturated carbocycles. The van der Waals surface area contributed by atoms with Crippen LogP contribution in [-0.4, -0.2) is 32.7 Å². The average Bonchev–Trinajstić information content (AvgIpc) is 2.46. The third-order valence-electron chi connectivity index (χ3n) is 3.08. The van der Waals surface area contributed by atoms with Gasteiger partial charge in [0.2, 0.25) is 0 Å². The average molecular weight is 285 g/mol. The minimum absolute atomic E-state index is 0.0144. The summed E-state index contributed by atoms with van der Waals surface area (Å²) < 4.78 is 32.0. The van der Waals surface area contributed by atoms with Crippen LogP contribution >= 0.6 is 0 Å². The Morgan fingerprint density at radius 2 is 2.26 bits per heavy atom. The highest BCUT2D eigenvalue weighted by Gasteiger charge is 2.20. The van der Waals surface area contributed by atoms with Gasteiger partial charge in [-0.05, 0) is 30.9 Å². The maximum Gasteiger partial charge on any atom is 0.258 e. The molecule has 0 aliphatic carbocycles. The van der Waals surface area contributed by atoms with E-state index >= 15 is 0 Å². The highest BCUT2D eigenvalue weighted by molar-refractivity contribution is 7.89. The lowest BCUT2D eigenvalue weighted by molar-refractivity contribution is 0.0200. The predicted molar refractivity (Wildman–Crippen MR) is 70.9 cm³/mol. The zero-order chi connectivity index (χ0) is 13.7. The summed E-state index contributed by atoms with van der Waals surface area (Å²) in [4.78, 5) is 3.91. The molecule has 0 spiro atoms. The Balaban J connectivity index is 1.96. The lowest BCUT2D eigenvalue weighted by Crippen LogP contribution is -2.35. The molecule has 1 unspecified atom stereocenters. The van der Waals surface area contributed by atoms with Gasteiger partial charge in [-0.15, -0.1) is 0 Å². The molecule has 1 aromatic rings. The van der Waals surface area contributed by atoms with Crippen LogP contribution in [0.25, 0.3) is 0 Å². The van der Waals surface area contributed by atoms with Crippen LogP contribution in [0.5, 0.6) is 0 Å². The van der Waals surface area contributed by atoms with Crippen molar-refractivity contribution >= 4 is 10.0 Å². The van der Waals surface area contributed by atoms with E-state index in [1.54, 1.807) is 6.07 Å². The van der Waals surface area contributed by atoms with E-state index in [9.17, 15) is 8.42 Å². The van der Waals surface area contributed by atoms with Crippen LogP contribution in [0.1, 0.15) is 24.8 Å². The molecule has 2 heterocycles. The van der Waals surface area contributed by atoms with Crippen LogP contribution in [0.2, 0.25) is 0 Å². The third kappa shape index (κ3) is 3.97. The van der Waals surface area contributed by atoms with Crippen molar-refractivity contribution < 1.29 is 13.2 Å². The van der Waals surface area contributed by atoms with E-state index in [-0.39, 0.29) is 11.1 Å². The normalized spacial score (nSPS) is 20.4. The van der Waals surface area contributed by atoms with E-state index in [0.29, 0.717) is 19.7 Å². The molecular formula is C12H19N3O3S. The topological polar surface area (TPSA) is 94.3 Å². The Morgan fingerprint density at radius 3 is 2.84 bits per heavy atom. The first kappa shape index (κ1) is 14.4. The van der Waals surface area contributed by atoms with Gasteiger partial charge >= 0.3 is 0 Å². The first-order valence-corrected chi connectivity index (χ1v) is 7.86. The Kier molecular flexibility index (Phi) is 4.87. The van der Waals surface area contributed by atoms with Gasteiger partial charge in [-0.2, -0.15) is 0 Å². The number of sulfonamides is 1. The number of hydrogen-bond acceptors (Lipinski definition) is 5. The van der Waals surface area contributed by atoms with Gasteiger partial charge in [-0.25, -0.2) is 18.1 Å². The minimum atomic E-state index is -3.57. The summed E-state index contributed by atoms with van der Waals surface area (Å²) in [5.41, 5.74) is 6.24. The summed E-state index contributed by atoms with van der Waals surface area (Å²) in [6, 6.07) is 3.13. The Morgan fingerprint density at radius 1 is 1.42 bits per heavy atom. The second kappa shape index (κ2) is 6.42. The van der Waals surface area contributed by atoms with Crippen LogP contribution in [0, 0.1) is 0 Å². The molecule has 0 amide bonds. The Hall–Kier alpha value is -1.02. The molecule has 2 rings (SSSR count). The van der Waals surface area contributed by atoms with Crippen LogP contribution < -0.4 is 10.5 Å². The molecule has 1 fully saturated rings. The summed E-state index contributed by atoms with van der Waals surface area (Å²) in [6.45, 7) is 1.34. The number of nitrogens with two attached hydrogens (primary N) is 1. The van der Waals surface area contributed by atoms with Crippen LogP contribution in [0.15, 0.2) is 23.4 Å². The van der Waals surface area contributed by atoms with E-state index in [1.807, 2.05) is 0 Å². The van der Waals surface area contributed by atoms with Gasteiger partial charge in [0.25, 0.3) is 10.0 Å². The monoisotopic (exact) mass is 285 g/mol. The molecule has 1 aliphatic rings. The number of pyridine rings is 1. The molecule has 0 radical (unpaired) electrons. The van der Waals surface area contributed by atoms with Crippen molar-refractivity contribution in [3.05, 3.63) is 23.9 Å². The highest BCUT2D eigenvalue weighted by Crippen LogP contribution is 2.13. The van der Waals surface area contributed by atoms with Crippen molar-refractivity contribution in [1.29, 1.82) is 0 Å². The van der Waals surface area contributed by atoms with Gasteiger partial charge in [0.15, 0.2) is 5.03 Å². The van der Waals surface area contributed by atoms with Crippen molar-refractivity contribution in [2.24, 2.45) is 5.73 Å². The van der Waals surface area contributed by atoms with E-state index in [4.69, 9.17) is 10.5 Å². The van der Waals surface area contributed by atoms with Crippen LogP contribution in [0.3, 0.4) is 0 Å². The molecule has 1 aromatic heterocycles. The predicted octanol–water partition coefficient (Wildman–Crippen LogP) is 0.388. The number of nitrogens with zero attached hydrogens (tertiary/aromatic N) is 1. The Labute approximate surface area is 113 Å². The smallest absolute Gasteiger partial charge is 0.258 e. The molecule has 106 valence electrons. The van der Waals surface area contributed by atoms with E-state index in [2.05, 4.69) is 9.71 Å². The fourth-order valence-electron chi connectivity index (χ4n) is 1.94. The second-order valence-electron chi connectivity index (χ2n) is 4.55. The number of rotatable bonds is 5. The molecule has 3 N–H and O–H groups in total. The van der Waals surface area contributed by atoms with Gasteiger partial charge in [-0.3, -0.25) is 0 Å². The van der Waals surface area contributed by atoms with Gasteiger partial charge in [0.1, 0.15) is 0 Å². The Bertz CT molecular complexity index is 495. The first-order valence-electron chi connectivity index (χ1n) is 6.38. The van der Waals surface area contributed by atoms with Crippen molar-refractivity contribution in [1.82, 2.24) is 9.71 Å². The molecule has 1 atom stereocenters. The summed E-state index contributed by atoms with van der Waals surface area (Å²) in [5.74, 6) is 0. The molecule has 1 aliphatic heterocycles. The number of nitrogens with one attached hydrogen (secondary N) is 1. The summed E-state index contributed by atoms with van der Waals surface area (Å²) in [7, 11) is -3.57. The van der Waals surface area contributed by atoms with Crippen molar-refractivity contribution in [3.63, 3.8) is 0 Å². The molecule has 0 bridgehead atoms. The van der Waals surface area contributed by atoms with Gasteiger partial charge in [0, 0.05) is 25.9 Å². The number of ether oxygens (including phenoxy) is 1. The molecule has 0 aromatic carbocycles. The molecule has 6 nitrogen and oxygen atoms in total. The zero-order valence-electron chi connectivity index (χ0n) is 10.7. The summed E-state index contributed by atoms with van der Waals surface area (Å²) in [6.07, 6.45) is 4.46. The van der Waals surface area contributed by atoms with Gasteiger partial charge < -0.3 is 10.5 Å². The van der Waals surface area contributed by atoms with E-state index in [1.165, 1.54) is 12.3 Å². The summed E-state index contributed by atoms with van der Waals surface area (Å²) in [5, 5.41) is 0.0144. The number of aromatic nitrogens is 1. The zero-order valence-corrected chi connectivity index (χ0v) is 11.5. The van der Waals surface area contributed by atoms with Crippen LogP contribution in [0.4, 0.5) is 0 Å². The van der Waals surface area contributed by atoms with Crippen molar-refractivity contribution in [2.75, 3.05) is 13.2 Å². The largest absolute Gasteiger partial charge is 0.377 e. The summed E-state index contributed by atoms with van der Waals surface area (Å²) >= 11 is 0. The number of hydrogen-bond donors (Lipinski definition) is 2. The first-order chi connectivity index (χ1) is 9.12. The van der Waals surface area contributed by atoms with E-state index < -0.39 is 10.0 Å². The third-order valence-corrected chi connectivity index (χ3v) is 4.42. The molecule has 7 heteroatoms. The molecule has 1 saturated heterocycles.